The van der Waals surface area contributed by atoms with Crippen LogP contribution in [0.1, 0.15) is 52.0 Å². The Morgan fingerprint density at radius 1 is 0.750 bits per heavy atom. The first kappa shape index (κ1) is 20.9. The Morgan fingerprint density at radius 2 is 1.34 bits per heavy atom. The minimum atomic E-state index is -0.737. The molecule has 2 amide bonds. The average molecular weight is 429 g/mol. The van der Waals surface area contributed by atoms with Crippen molar-refractivity contribution in [1.29, 1.82) is 0 Å². The standard InChI is InChI=1S/C27H28N2O3/c30-25-22-12-6-8-20-9-7-13-23(24(20)22)26(31)29(25)17-5-4-16-28-18-14-27(32,15-19-28)21-10-2-1-3-11-21/h1-3,6-13,32H,4-5,14-19H2. The third-order valence-electron chi connectivity index (χ3n) is 6.96. The summed E-state index contributed by atoms with van der Waals surface area (Å²) in [6, 6.07) is 21.2. The Morgan fingerprint density at radius 3 is 1.97 bits per heavy atom. The van der Waals surface area contributed by atoms with Crippen LogP contribution in [0.5, 0.6) is 0 Å². The fourth-order valence-corrected chi connectivity index (χ4v) is 5.07. The van der Waals surface area contributed by atoms with Gasteiger partial charge < -0.3 is 10.0 Å². The molecule has 5 heteroatoms. The summed E-state index contributed by atoms with van der Waals surface area (Å²) in [5, 5.41) is 12.7. The lowest BCUT2D eigenvalue weighted by Gasteiger charge is -2.38. The number of hydrogen-bond acceptors (Lipinski definition) is 4. The van der Waals surface area contributed by atoms with E-state index in [0.29, 0.717) is 17.7 Å². The normalized spacial score (nSPS) is 18.3. The summed E-state index contributed by atoms with van der Waals surface area (Å²) < 4.78 is 0. The summed E-state index contributed by atoms with van der Waals surface area (Å²) in [4.78, 5) is 29.7. The first-order valence-electron chi connectivity index (χ1n) is 11.4. The summed E-state index contributed by atoms with van der Waals surface area (Å²) in [7, 11) is 0. The Balaban J connectivity index is 1.15. The Kier molecular flexibility index (Phi) is 5.53. The molecule has 0 unspecified atom stereocenters. The smallest absolute Gasteiger partial charge is 0.261 e. The van der Waals surface area contributed by atoms with E-state index in [1.165, 1.54) is 4.90 Å². The van der Waals surface area contributed by atoms with Gasteiger partial charge in [0, 0.05) is 36.1 Å². The highest BCUT2D eigenvalue weighted by Gasteiger charge is 2.34. The summed E-state index contributed by atoms with van der Waals surface area (Å²) in [5.74, 6) is -0.379. The van der Waals surface area contributed by atoms with Gasteiger partial charge >= 0.3 is 0 Å². The molecule has 3 aromatic rings. The molecular weight excluding hydrogens is 400 g/mol. The van der Waals surface area contributed by atoms with Crippen molar-refractivity contribution < 1.29 is 14.7 Å². The number of aliphatic hydroxyl groups is 1. The molecular formula is C27H28N2O3. The zero-order chi connectivity index (χ0) is 22.1. The molecule has 5 rings (SSSR count). The predicted molar refractivity (Wildman–Crippen MR) is 125 cm³/mol. The van der Waals surface area contributed by atoms with E-state index in [1.807, 2.05) is 66.7 Å². The van der Waals surface area contributed by atoms with Crippen LogP contribution in [0.2, 0.25) is 0 Å². The number of amides is 2. The molecule has 0 atom stereocenters. The Labute approximate surface area is 188 Å². The molecule has 0 saturated carbocycles. The predicted octanol–water partition coefficient (Wildman–Crippen LogP) is 4.20. The molecule has 0 spiro atoms. The number of unbranched alkanes of at least 4 members (excludes halogenated alkanes) is 1. The molecule has 3 aromatic carbocycles. The summed E-state index contributed by atoms with van der Waals surface area (Å²) in [6.07, 6.45) is 3.13. The number of rotatable bonds is 6. The van der Waals surface area contributed by atoms with E-state index in [9.17, 15) is 14.7 Å². The first-order valence-corrected chi connectivity index (χ1v) is 11.4. The molecule has 32 heavy (non-hydrogen) atoms. The lowest BCUT2D eigenvalue weighted by Crippen LogP contribution is -2.43. The number of benzene rings is 3. The van der Waals surface area contributed by atoms with E-state index >= 15 is 0 Å². The fraction of sp³-hybridized carbons (Fsp3) is 0.333. The van der Waals surface area contributed by atoms with Gasteiger partial charge in [-0.15, -0.1) is 0 Å². The van der Waals surface area contributed by atoms with Crippen LogP contribution >= 0.6 is 0 Å². The monoisotopic (exact) mass is 428 g/mol. The maximum absolute atomic E-state index is 13.0. The van der Waals surface area contributed by atoms with E-state index in [0.717, 1.165) is 61.7 Å². The summed E-state index contributed by atoms with van der Waals surface area (Å²) in [5.41, 5.74) is 1.50. The summed E-state index contributed by atoms with van der Waals surface area (Å²) >= 11 is 0. The molecule has 2 aliphatic heterocycles. The zero-order valence-corrected chi connectivity index (χ0v) is 18.2. The number of carbonyl (C=O) groups excluding carboxylic acids is 2. The second-order valence-electron chi connectivity index (χ2n) is 8.92. The van der Waals surface area contributed by atoms with Gasteiger partial charge in [0.05, 0.1) is 5.60 Å². The van der Waals surface area contributed by atoms with E-state index in [1.54, 1.807) is 0 Å². The van der Waals surface area contributed by atoms with Crippen LogP contribution in [0.4, 0.5) is 0 Å². The van der Waals surface area contributed by atoms with Gasteiger partial charge in [0.2, 0.25) is 0 Å². The van der Waals surface area contributed by atoms with Crippen molar-refractivity contribution in [3.8, 4) is 0 Å². The highest BCUT2D eigenvalue weighted by atomic mass is 16.3. The topological polar surface area (TPSA) is 60.9 Å². The SMILES string of the molecule is O=C1c2cccc3cccc(c23)C(=O)N1CCCCN1CCC(O)(c2ccccc2)CC1. The molecule has 1 fully saturated rings. The highest BCUT2D eigenvalue weighted by Crippen LogP contribution is 2.33. The maximum Gasteiger partial charge on any atom is 0.261 e. The van der Waals surface area contributed by atoms with Crippen LogP contribution in [0.3, 0.4) is 0 Å². The van der Waals surface area contributed by atoms with Crippen molar-refractivity contribution in [2.45, 2.75) is 31.3 Å². The van der Waals surface area contributed by atoms with Gasteiger partial charge in [-0.05, 0) is 55.3 Å². The van der Waals surface area contributed by atoms with E-state index in [4.69, 9.17) is 0 Å². The molecule has 164 valence electrons. The van der Waals surface area contributed by atoms with E-state index in [-0.39, 0.29) is 11.8 Å². The van der Waals surface area contributed by atoms with Crippen LogP contribution in [-0.2, 0) is 5.60 Å². The van der Waals surface area contributed by atoms with Gasteiger partial charge in [-0.25, -0.2) is 0 Å². The van der Waals surface area contributed by atoms with E-state index in [2.05, 4.69) is 4.90 Å². The lowest BCUT2D eigenvalue weighted by atomic mass is 9.84. The molecule has 0 aromatic heterocycles. The molecule has 2 aliphatic rings. The van der Waals surface area contributed by atoms with Crippen molar-refractivity contribution in [3.63, 3.8) is 0 Å². The third-order valence-corrected chi connectivity index (χ3v) is 6.96. The molecule has 1 N–H and O–H groups in total. The number of nitrogens with zero attached hydrogens (tertiary/aromatic N) is 2. The number of imide groups is 1. The quantitative estimate of drug-likeness (QED) is 0.472. The molecule has 5 nitrogen and oxygen atoms in total. The minimum absolute atomic E-state index is 0.190. The van der Waals surface area contributed by atoms with Gasteiger partial charge in [0.25, 0.3) is 11.8 Å². The van der Waals surface area contributed by atoms with Gasteiger partial charge in [-0.2, -0.15) is 0 Å². The van der Waals surface area contributed by atoms with Crippen LogP contribution < -0.4 is 0 Å². The minimum Gasteiger partial charge on any atom is -0.385 e. The average Bonchev–Trinajstić information content (AvgIpc) is 2.83. The summed E-state index contributed by atoms with van der Waals surface area (Å²) in [6.45, 7) is 3.04. The zero-order valence-electron chi connectivity index (χ0n) is 18.2. The van der Waals surface area contributed by atoms with Gasteiger partial charge in [-0.1, -0.05) is 54.6 Å². The van der Waals surface area contributed by atoms with Crippen LogP contribution in [0.25, 0.3) is 10.8 Å². The molecule has 0 bridgehead atoms. The van der Waals surface area contributed by atoms with Crippen LogP contribution in [0.15, 0.2) is 66.7 Å². The first-order chi connectivity index (χ1) is 15.6. The van der Waals surface area contributed by atoms with Crippen molar-refractivity contribution in [3.05, 3.63) is 83.4 Å². The van der Waals surface area contributed by atoms with Crippen molar-refractivity contribution in [2.75, 3.05) is 26.2 Å². The molecule has 0 radical (unpaired) electrons. The number of likely N-dealkylation sites (tertiary alicyclic amines) is 1. The maximum atomic E-state index is 13.0. The second-order valence-corrected chi connectivity index (χ2v) is 8.92. The van der Waals surface area contributed by atoms with Crippen LogP contribution in [-0.4, -0.2) is 52.9 Å². The largest absolute Gasteiger partial charge is 0.385 e. The lowest BCUT2D eigenvalue weighted by molar-refractivity contribution is -0.0261. The molecule has 1 saturated heterocycles. The second kappa shape index (κ2) is 8.49. The van der Waals surface area contributed by atoms with Crippen molar-refractivity contribution in [1.82, 2.24) is 9.80 Å². The van der Waals surface area contributed by atoms with Crippen molar-refractivity contribution >= 4 is 22.6 Å². The van der Waals surface area contributed by atoms with Crippen molar-refractivity contribution in [2.24, 2.45) is 0 Å². The molecule has 0 aliphatic carbocycles. The Bertz CT molecular complexity index is 1100. The fourth-order valence-electron chi connectivity index (χ4n) is 5.07. The van der Waals surface area contributed by atoms with E-state index < -0.39 is 5.60 Å². The third kappa shape index (κ3) is 3.72. The number of carbonyl (C=O) groups is 2. The van der Waals surface area contributed by atoms with Gasteiger partial charge in [0.1, 0.15) is 0 Å². The van der Waals surface area contributed by atoms with Crippen LogP contribution in [0, 0.1) is 0 Å². The number of hydrogen-bond donors (Lipinski definition) is 1. The highest BCUT2D eigenvalue weighted by molar-refractivity contribution is 6.25. The molecule has 2 heterocycles. The van der Waals surface area contributed by atoms with Gasteiger partial charge in [-0.3, -0.25) is 14.5 Å². The van der Waals surface area contributed by atoms with Gasteiger partial charge in [0.15, 0.2) is 0 Å². The number of piperidine rings is 1. The Hall–Kier alpha value is -3.02.